The van der Waals surface area contributed by atoms with Crippen LogP contribution in [0, 0.1) is 6.92 Å². The first-order valence-corrected chi connectivity index (χ1v) is 8.15. The summed E-state index contributed by atoms with van der Waals surface area (Å²) in [5, 5.41) is 7.66. The molecule has 2 N–H and O–H groups in total. The molecule has 0 aliphatic rings. The summed E-state index contributed by atoms with van der Waals surface area (Å²) in [6.45, 7) is 4.98. The van der Waals surface area contributed by atoms with Crippen LogP contribution in [0.15, 0.2) is 24.3 Å². The lowest BCUT2D eigenvalue weighted by Gasteiger charge is -2.11. The van der Waals surface area contributed by atoms with E-state index in [1.54, 1.807) is 18.2 Å². The molecule has 2 aromatic rings. The Balaban J connectivity index is 2.10. The first-order chi connectivity index (χ1) is 10.6. The van der Waals surface area contributed by atoms with Crippen molar-refractivity contribution in [2.24, 2.45) is 0 Å². The van der Waals surface area contributed by atoms with E-state index in [4.69, 9.17) is 23.2 Å². The monoisotopic (exact) mass is 338 g/mol. The number of benzene rings is 1. The first kappa shape index (κ1) is 16.8. The van der Waals surface area contributed by atoms with Gasteiger partial charge < -0.3 is 10.6 Å². The van der Waals surface area contributed by atoms with Crippen LogP contribution < -0.4 is 10.6 Å². The molecule has 0 spiro atoms. The molecule has 0 aliphatic carbocycles. The predicted octanol–water partition coefficient (Wildman–Crippen LogP) is 5.44. The molecule has 6 heteroatoms. The zero-order valence-electron chi connectivity index (χ0n) is 12.8. The number of hydrogen-bond donors (Lipinski definition) is 2. The van der Waals surface area contributed by atoms with Crippen LogP contribution in [0.1, 0.15) is 31.9 Å². The molecule has 1 aromatic carbocycles. The molecule has 2 rings (SSSR count). The number of hydrogen-bond acceptors (Lipinski definition) is 4. The largest absolute Gasteiger partial charge is 0.354 e. The summed E-state index contributed by atoms with van der Waals surface area (Å²) in [6.07, 6.45) is 3.50. The fourth-order valence-corrected chi connectivity index (χ4v) is 2.35. The van der Waals surface area contributed by atoms with Crippen molar-refractivity contribution in [1.29, 1.82) is 0 Å². The van der Waals surface area contributed by atoms with Gasteiger partial charge in [-0.25, -0.2) is 4.98 Å². The van der Waals surface area contributed by atoms with Crippen LogP contribution in [0.5, 0.6) is 0 Å². The van der Waals surface area contributed by atoms with Gasteiger partial charge in [0.05, 0.1) is 10.7 Å². The summed E-state index contributed by atoms with van der Waals surface area (Å²) in [7, 11) is 0. The van der Waals surface area contributed by atoms with Crippen LogP contribution >= 0.6 is 23.2 Å². The number of rotatable bonds is 7. The van der Waals surface area contributed by atoms with Crippen molar-refractivity contribution in [2.45, 2.75) is 33.1 Å². The molecule has 1 heterocycles. The number of aryl methyl sites for hydroxylation is 1. The highest BCUT2D eigenvalue weighted by molar-refractivity contribution is 6.35. The number of halogens is 2. The van der Waals surface area contributed by atoms with Gasteiger partial charge in [-0.1, -0.05) is 43.0 Å². The molecule has 0 unspecified atom stereocenters. The summed E-state index contributed by atoms with van der Waals surface area (Å²) in [6, 6.07) is 7.15. The molecule has 0 atom stereocenters. The van der Waals surface area contributed by atoms with Gasteiger partial charge in [0.15, 0.2) is 0 Å². The zero-order valence-corrected chi connectivity index (χ0v) is 14.3. The predicted molar refractivity (Wildman–Crippen MR) is 94.5 cm³/mol. The highest BCUT2D eigenvalue weighted by Crippen LogP contribution is 2.28. The second kappa shape index (κ2) is 8.20. The molecule has 0 fully saturated rings. The Morgan fingerprint density at radius 3 is 2.68 bits per heavy atom. The quantitative estimate of drug-likeness (QED) is 0.660. The lowest BCUT2D eigenvalue weighted by atomic mass is 10.2. The van der Waals surface area contributed by atoms with Crippen molar-refractivity contribution in [1.82, 2.24) is 9.97 Å². The van der Waals surface area contributed by atoms with Crippen LogP contribution in [0.25, 0.3) is 0 Å². The van der Waals surface area contributed by atoms with Crippen LogP contribution in [-0.4, -0.2) is 16.5 Å². The average molecular weight is 339 g/mol. The Kier molecular flexibility index (Phi) is 6.28. The molecular weight excluding hydrogens is 319 g/mol. The molecule has 0 saturated heterocycles. The maximum atomic E-state index is 6.16. The van der Waals surface area contributed by atoms with Gasteiger partial charge in [0.25, 0.3) is 0 Å². The molecule has 0 radical (unpaired) electrons. The Hall–Kier alpha value is -1.52. The minimum absolute atomic E-state index is 0.595. The third kappa shape index (κ3) is 5.04. The minimum atomic E-state index is 0.595. The number of unbranched alkanes of at least 4 members (excludes halogenated alkanes) is 2. The molecule has 22 heavy (non-hydrogen) atoms. The van der Waals surface area contributed by atoms with Crippen molar-refractivity contribution in [3.05, 3.63) is 40.0 Å². The first-order valence-electron chi connectivity index (χ1n) is 7.40. The Morgan fingerprint density at radius 2 is 1.91 bits per heavy atom. The molecule has 0 aliphatic heterocycles. The minimum Gasteiger partial charge on any atom is -0.354 e. The number of aromatic nitrogens is 2. The normalized spacial score (nSPS) is 10.5. The highest BCUT2D eigenvalue weighted by atomic mass is 35.5. The van der Waals surface area contributed by atoms with Crippen molar-refractivity contribution in [3.8, 4) is 0 Å². The lowest BCUT2D eigenvalue weighted by molar-refractivity contribution is 0.740. The number of anilines is 3. The lowest BCUT2D eigenvalue weighted by Crippen LogP contribution is -2.07. The van der Waals surface area contributed by atoms with E-state index in [2.05, 4.69) is 27.5 Å². The van der Waals surface area contributed by atoms with Crippen LogP contribution in [0.4, 0.5) is 17.5 Å². The van der Waals surface area contributed by atoms with Gasteiger partial charge in [-0.05, 0) is 31.5 Å². The molecule has 118 valence electrons. The molecule has 0 saturated carbocycles. The fourth-order valence-electron chi connectivity index (χ4n) is 2.02. The van der Waals surface area contributed by atoms with Gasteiger partial charge in [-0.3, -0.25) is 0 Å². The van der Waals surface area contributed by atoms with E-state index >= 15 is 0 Å². The SMILES string of the molecule is CCCCCNc1nc(C)cc(Nc2cc(Cl)ccc2Cl)n1. The van der Waals surface area contributed by atoms with Crippen molar-refractivity contribution >= 4 is 40.7 Å². The van der Waals surface area contributed by atoms with Crippen LogP contribution in [-0.2, 0) is 0 Å². The summed E-state index contributed by atoms with van der Waals surface area (Å²) in [5.74, 6) is 1.31. The van der Waals surface area contributed by atoms with Crippen molar-refractivity contribution in [3.63, 3.8) is 0 Å². The summed E-state index contributed by atoms with van der Waals surface area (Å²) in [4.78, 5) is 8.85. The molecule has 4 nitrogen and oxygen atoms in total. The Labute approximate surface area is 141 Å². The van der Waals surface area contributed by atoms with E-state index < -0.39 is 0 Å². The standard InChI is InChI=1S/C16H20Cl2N4/c1-3-4-5-8-19-16-20-11(2)9-15(22-16)21-14-10-12(17)6-7-13(14)18/h6-7,9-10H,3-5,8H2,1-2H3,(H2,19,20,21,22). The summed E-state index contributed by atoms with van der Waals surface area (Å²) >= 11 is 12.2. The third-order valence-electron chi connectivity index (χ3n) is 3.11. The van der Waals surface area contributed by atoms with Crippen molar-refractivity contribution < 1.29 is 0 Å². The van der Waals surface area contributed by atoms with Crippen LogP contribution in [0.2, 0.25) is 10.0 Å². The van der Waals surface area contributed by atoms with Gasteiger partial charge in [0.2, 0.25) is 5.95 Å². The second-order valence-electron chi connectivity index (χ2n) is 5.10. The van der Waals surface area contributed by atoms with E-state index in [1.165, 1.54) is 12.8 Å². The van der Waals surface area contributed by atoms with E-state index in [0.717, 1.165) is 24.3 Å². The second-order valence-corrected chi connectivity index (χ2v) is 5.94. The molecule has 1 aromatic heterocycles. The smallest absolute Gasteiger partial charge is 0.224 e. The van der Waals surface area contributed by atoms with Gasteiger partial charge in [-0.15, -0.1) is 0 Å². The van der Waals surface area contributed by atoms with E-state index in [9.17, 15) is 0 Å². The highest BCUT2D eigenvalue weighted by Gasteiger charge is 2.06. The Bertz CT molecular complexity index is 632. The molecular formula is C16H20Cl2N4. The fraction of sp³-hybridized carbons (Fsp3) is 0.375. The van der Waals surface area contributed by atoms with E-state index in [0.29, 0.717) is 21.8 Å². The zero-order chi connectivity index (χ0) is 15.9. The summed E-state index contributed by atoms with van der Waals surface area (Å²) < 4.78 is 0. The molecule has 0 bridgehead atoms. The maximum absolute atomic E-state index is 6.16. The Morgan fingerprint density at radius 1 is 1.09 bits per heavy atom. The average Bonchev–Trinajstić information content (AvgIpc) is 2.47. The van der Waals surface area contributed by atoms with E-state index in [1.807, 2.05) is 13.0 Å². The van der Waals surface area contributed by atoms with Crippen LogP contribution in [0.3, 0.4) is 0 Å². The summed E-state index contributed by atoms with van der Waals surface area (Å²) in [5.41, 5.74) is 1.61. The maximum Gasteiger partial charge on any atom is 0.224 e. The topological polar surface area (TPSA) is 49.8 Å². The van der Waals surface area contributed by atoms with Gasteiger partial charge in [0, 0.05) is 23.3 Å². The van der Waals surface area contributed by atoms with Gasteiger partial charge in [0.1, 0.15) is 5.82 Å². The number of nitrogens with zero attached hydrogens (tertiary/aromatic N) is 2. The third-order valence-corrected chi connectivity index (χ3v) is 3.67. The van der Waals surface area contributed by atoms with Gasteiger partial charge >= 0.3 is 0 Å². The van der Waals surface area contributed by atoms with Gasteiger partial charge in [-0.2, -0.15) is 4.98 Å². The van der Waals surface area contributed by atoms with E-state index in [-0.39, 0.29) is 0 Å². The number of nitrogens with one attached hydrogen (secondary N) is 2. The molecule has 0 amide bonds. The van der Waals surface area contributed by atoms with Crippen molar-refractivity contribution in [2.75, 3.05) is 17.2 Å².